The molecule has 0 heterocycles. The summed E-state index contributed by atoms with van der Waals surface area (Å²) in [4.78, 5) is 0. The Kier molecular flexibility index (Phi) is 8.51. The summed E-state index contributed by atoms with van der Waals surface area (Å²) >= 11 is 0. The lowest BCUT2D eigenvalue weighted by atomic mass is 9.97. The van der Waals surface area contributed by atoms with Gasteiger partial charge in [0.2, 0.25) is 0 Å². The van der Waals surface area contributed by atoms with Crippen molar-refractivity contribution in [3.63, 3.8) is 0 Å². The van der Waals surface area contributed by atoms with Gasteiger partial charge in [0, 0.05) is 0 Å². The van der Waals surface area contributed by atoms with Crippen molar-refractivity contribution in [1.29, 1.82) is 0 Å². The summed E-state index contributed by atoms with van der Waals surface area (Å²) in [5.74, 6) is 0. The number of ether oxygens (including phenoxy) is 1. The summed E-state index contributed by atoms with van der Waals surface area (Å²) in [6, 6.07) is 0. The molecule has 1 N–H and O–H groups in total. The first-order chi connectivity index (χ1) is 8.70. The lowest BCUT2D eigenvalue weighted by Gasteiger charge is -2.24. The second-order valence-corrected chi connectivity index (χ2v) is 5.24. The Morgan fingerprint density at radius 2 is 1.39 bits per heavy atom. The normalized spacial score (nSPS) is 28.7. The van der Waals surface area contributed by atoms with E-state index in [-0.39, 0.29) is 0 Å². The van der Waals surface area contributed by atoms with E-state index in [4.69, 9.17) is 4.74 Å². The highest BCUT2D eigenvalue weighted by Crippen LogP contribution is 2.19. The maximum absolute atomic E-state index is 12.2. The quantitative estimate of drug-likeness (QED) is 0.837. The molecule has 0 aromatic rings. The van der Waals surface area contributed by atoms with Crippen molar-refractivity contribution in [3.8, 4) is 0 Å². The van der Waals surface area contributed by atoms with E-state index >= 15 is 0 Å². The minimum Gasteiger partial charge on any atom is -0.390 e. The second kappa shape index (κ2) is 9.68. The zero-order chi connectivity index (χ0) is 13.2. The Hall–Kier alpha value is -0.220. The zero-order valence-electron chi connectivity index (χ0n) is 11.1. The SMILES string of the molecule is OC1CCCCCCCCCCC1OCC(F)F. The lowest BCUT2D eigenvalue weighted by molar-refractivity contribution is -0.0808. The molecule has 108 valence electrons. The first kappa shape index (κ1) is 15.8. The zero-order valence-corrected chi connectivity index (χ0v) is 11.1. The molecule has 0 bridgehead atoms. The van der Waals surface area contributed by atoms with Crippen LogP contribution in [0.15, 0.2) is 0 Å². The van der Waals surface area contributed by atoms with Crippen molar-refractivity contribution in [1.82, 2.24) is 0 Å². The van der Waals surface area contributed by atoms with Gasteiger partial charge in [0.1, 0.15) is 6.61 Å². The number of rotatable bonds is 3. The Bertz CT molecular complexity index is 200. The largest absolute Gasteiger partial charge is 0.390 e. The molecule has 0 saturated heterocycles. The van der Waals surface area contributed by atoms with Gasteiger partial charge in [-0.2, -0.15) is 0 Å². The maximum atomic E-state index is 12.2. The molecule has 0 amide bonds. The summed E-state index contributed by atoms with van der Waals surface area (Å²) in [6.07, 6.45) is 7.09. The Balaban J connectivity index is 2.36. The van der Waals surface area contributed by atoms with Crippen LogP contribution in [0.5, 0.6) is 0 Å². The number of aliphatic hydroxyl groups excluding tert-OH is 1. The standard InChI is InChI=1S/C14H26F2O2/c15-14(16)11-18-13-10-8-6-4-2-1-3-5-7-9-12(13)17/h12-14,17H,1-11H2. The van der Waals surface area contributed by atoms with E-state index in [1.807, 2.05) is 0 Å². The van der Waals surface area contributed by atoms with Gasteiger partial charge in [0.15, 0.2) is 0 Å². The van der Waals surface area contributed by atoms with Crippen LogP contribution in [-0.4, -0.2) is 30.3 Å². The third-order valence-electron chi connectivity index (χ3n) is 3.60. The van der Waals surface area contributed by atoms with Crippen molar-refractivity contribution < 1.29 is 18.6 Å². The van der Waals surface area contributed by atoms with Gasteiger partial charge in [-0.1, -0.05) is 51.4 Å². The Morgan fingerprint density at radius 3 is 1.94 bits per heavy atom. The number of alkyl halides is 2. The number of hydrogen-bond donors (Lipinski definition) is 1. The number of aliphatic hydroxyl groups is 1. The third-order valence-corrected chi connectivity index (χ3v) is 3.60. The van der Waals surface area contributed by atoms with Crippen LogP contribution in [0.1, 0.15) is 64.2 Å². The van der Waals surface area contributed by atoms with Crippen LogP contribution in [-0.2, 0) is 4.74 Å². The van der Waals surface area contributed by atoms with Crippen molar-refractivity contribution >= 4 is 0 Å². The second-order valence-electron chi connectivity index (χ2n) is 5.24. The van der Waals surface area contributed by atoms with E-state index in [0.717, 1.165) is 25.7 Å². The van der Waals surface area contributed by atoms with Gasteiger partial charge in [-0.05, 0) is 12.8 Å². The first-order valence-electron chi connectivity index (χ1n) is 7.28. The molecule has 1 fully saturated rings. The molecule has 2 nitrogen and oxygen atoms in total. The molecule has 0 aromatic carbocycles. The summed E-state index contributed by atoms with van der Waals surface area (Å²) < 4.78 is 29.5. The molecule has 0 aliphatic heterocycles. The average Bonchev–Trinajstić information content (AvgIpc) is 2.32. The van der Waals surface area contributed by atoms with Gasteiger partial charge in [0.05, 0.1) is 12.2 Å². The fraction of sp³-hybridized carbons (Fsp3) is 1.00. The van der Waals surface area contributed by atoms with Gasteiger partial charge in [-0.25, -0.2) is 8.78 Å². The van der Waals surface area contributed by atoms with E-state index < -0.39 is 25.2 Å². The molecule has 1 aliphatic carbocycles. The molecule has 0 spiro atoms. The Morgan fingerprint density at radius 1 is 0.889 bits per heavy atom. The van der Waals surface area contributed by atoms with Crippen LogP contribution in [0, 0.1) is 0 Å². The highest BCUT2D eigenvalue weighted by atomic mass is 19.3. The molecule has 18 heavy (non-hydrogen) atoms. The predicted octanol–water partition coefficient (Wildman–Crippen LogP) is 3.91. The molecular weight excluding hydrogens is 238 g/mol. The van der Waals surface area contributed by atoms with Gasteiger partial charge in [-0.15, -0.1) is 0 Å². The monoisotopic (exact) mass is 264 g/mol. The highest BCUT2D eigenvalue weighted by Gasteiger charge is 2.21. The van der Waals surface area contributed by atoms with Gasteiger partial charge in [0.25, 0.3) is 6.43 Å². The minimum atomic E-state index is -2.45. The first-order valence-corrected chi connectivity index (χ1v) is 7.28. The van der Waals surface area contributed by atoms with Crippen molar-refractivity contribution in [3.05, 3.63) is 0 Å². The van der Waals surface area contributed by atoms with E-state index in [1.165, 1.54) is 25.7 Å². The summed E-state index contributed by atoms with van der Waals surface area (Å²) in [6.45, 7) is -0.554. The van der Waals surface area contributed by atoms with Gasteiger partial charge < -0.3 is 9.84 Å². The van der Waals surface area contributed by atoms with E-state index in [0.29, 0.717) is 12.8 Å². The van der Waals surface area contributed by atoms with E-state index in [9.17, 15) is 13.9 Å². The fourth-order valence-corrected chi connectivity index (χ4v) is 2.53. The van der Waals surface area contributed by atoms with Crippen LogP contribution in [0.2, 0.25) is 0 Å². The van der Waals surface area contributed by atoms with Crippen LogP contribution >= 0.6 is 0 Å². The molecule has 1 saturated carbocycles. The van der Waals surface area contributed by atoms with Crippen molar-refractivity contribution in [2.75, 3.05) is 6.61 Å². The van der Waals surface area contributed by atoms with Crippen LogP contribution < -0.4 is 0 Å². The molecule has 1 rings (SSSR count). The van der Waals surface area contributed by atoms with Crippen molar-refractivity contribution in [2.24, 2.45) is 0 Å². The van der Waals surface area contributed by atoms with E-state index in [2.05, 4.69) is 0 Å². The molecule has 2 unspecified atom stereocenters. The topological polar surface area (TPSA) is 29.5 Å². The smallest absolute Gasteiger partial charge is 0.261 e. The molecule has 4 heteroatoms. The predicted molar refractivity (Wildman–Crippen MR) is 67.9 cm³/mol. The molecule has 1 aliphatic rings. The van der Waals surface area contributed by atoms with Crippen LogP contribution in [0.25, 0.3) is 0 Å². The molecular formula is C14H26F2O2. The highest BCUT2D eigenvalue weighted by molar-refractivity contribution is 4.70. The molecule has 0 aromatic heterocycles. The van der Waals surface area contributed by atoms with Gasteiger partial charge >= 0.3 is 0 Å². The number of hydrogen-bond acceptors (Lipinski definition) is 2. The maximum Gasteiger partial charge on any atom is 0.261 e. The minimum absolute atomic E-state index is 0.404. The van der Waals surface area contributed by atoms with Gasteiger partial charge in [-0.3, -0.25) is 0 Å². The summed E-state index contributed by atoms with van der Waals surface area (Å²) in [5, 5.41) is 10.00. The fourth-order valence-electron chi connectivity index (χ4n) is 2.53. The lowest BCUT2D eigenvalue weighted by Crippen LogP contribution is -2.31. The average molecular weight is 264 g/mol. The summed E-state index contributed by atoms with van der Waals surface area (Å²) in [7, 11) is 0. The van der Waals surface area contributed by atoms with Crippen LogP contribution in [0.3, 0.4) is 0 Å². The number of halogens is 2. The van der Waals surface area contributed by atoms with Crippen LogP contribution in [0.4, 0.5) is 8.78 Å². The van der Waals surface area contributed by atoms with E-state index in [1.54, 1.807) is 0 Å². The van der Waals surface area contributed by atoms with Crippen molar-refractivity contribution in [2.45, 2.75) is 82.8 Å². The molecule has 2 atom stereocenters. The third kappa shape index (κ3) is 7.27. The Labute approximate surface area is 109 Å². The molecule has 0 radical (unpaired) electrons. The summed E-state index contributed by atoms with van der Waals surface area (Å²) in [5.41, 5.74) is 0.